The van der Waals surface area contributed by atoms with Crippen molar-refractivity contribution in [3.8, 4) is 5.75 Å². The zero-order valence-corrected chi connectivity index (χ0v) is 15.1. The molecule has 0 aliphatic heterocycles. The molecule has 0 aliphatic carbocycles. The molecule has 9 heteroatoms. The van der Waals surface area contributed by atoms with E-state index in [1.165, 1.54) is 13.4 Å². The van der Waals surface area contributed by atoms with E-state index in [0.717, 1.165) is 5.69 Å². The van der Waals surface area contributed by atoms with Crippen LogP contribution < -0.4 is 26.6 Å². The number of para-hydroxylation sites is 1. The van der Waals surface area contributed by atoms with Crippen LogP contribution in [0.3, 0.4) is 0 Å². The fraction of sp³-hybridized carbons (Fsp3) is 0.0556. The van der Waals surface area contributed by atoms with Gasteiger partial charge < -0.3 is 15.8 Å². The van der Waals surface area contributed by atoms with Gasteiger partial charge in [-0.2, -0.15) is 0 Å². The lowest BCUT2D eigenvalue weighted by Gasteiger charge is -2.14. The van der Waals surface area contributed by atoms with Crippen molar-refractivity contribution in [3.05, 3.63) is 65.4 Å². The van der Waals surface area contributed by atoms with Gasteiger partial charge in [0.15, 0.2) is 11.6 Å². The van der Waals surface area contributed by atoms with Gasteiger partial charge in [0.05, 0.1) is 12.7 Å². The van der Waals surface area contributed by atoms with Crippen LogP contribution in [-0.4, -0.2) is 23.0 Å². The van der Waals surface area contributed by atoms with Gasteiger partial charge in [-0.25, -0.2) is 9.97 Å². The number of carbonyl (C=O) groups excluding carboxylic acids is 1. The normalized spacial score (nSPS) is 10.1. The van der Waals surface area contributed by atoms with E-state index in [1.807, 2.05) is 6.07 Å². The largest absolute Gasteiger partial charge is 0.496 e. The summed E-state index contributed by atoms with van der Waals surface area (Å²) in [6.07, 6.45) is 1.32. The SMILES string of the molecule is COc1ccccc1C(=O)NNc1ncnc(Nc2cccc(Cl)c2)c1N. The third-order valence-corrected chi connectivity index (χ3v) is 3.85. The number of hydrogen-bond donors (Lipinski definition) is 4. The Kier molecular flexibility index (Phi) is 5.58. The molecule has 27 heavy (non-hydrogen) atoms. The number of halogens is 1. The number of rotatable bonds is 6. The van der Waals surface area contributed by atoms with E-state index in [-0.39, 0.29) is 11.5 Å². The number of nitrogens with zero attached hydrogens (tertiary/aromatic N) is 2. The summed E-state index contributed by atoms with van der Waals surface area (Å²) in [6, 6.07) is 14.0. The van der Waals surface area contributed by atoms with Crippen LogP contribution in [0.15, 0.2) is 54.9 Å². The Hall–Kier alpha value is -3.52. The van der Waals surface area contributed by atoms with Crippen molar-refractivity contribution >= 4 is 40.5 Å². The van der Waals surface area contributed by atoms with Crippen molar-refractivity contribution in [1.82, 2.24) is 15.4 Å². The lowest BCUT2D eigenvalue weighted by Crippen LogP contribution is -2.30. The van der Waals surface area contributed by atoms with Gasteiger partial charge in [-0.1, -0.05) is 29.8 Å². The third kappa shape index (κ3) is 4.36. The average molecular weight is 385 g/mol. The van der Waals surface area contributed by atoms with E-state index >= 15 is 0 Å². The molecular weight excluding hydrogens is 368 g/mol. The standard InChI is InChI=1S/C18H17ClN6O2/c1-27-14-8-3-2-7-13(14)18(26)25-24-17-15(20)16(21-10-22-17)23-12-6-4-5-11(19)9-12/h2-10H,20H2,1H3,(H,25,26)(H2,21,22,23,24). The summed E-state index contributed by atoms with van der Waals surface area (Å²) in [7, 11) is 1.50. The Balaban J connectivity index is 1.73. The summed E-state index contributed by atoms with van der Waals surface area (Å²) in [5.74, 6) is 0.685. The second-order valence-corrected chi connectivity index (χ2v) is 5.84. The highest BCUT2D eigenvalue weighted by Gasteiger charge is 2.13. The number of aromatic nitrogens is 2. The second kappa shape index (κ2) is 8.24. The molecule has 0 radical (unpaired) electrons. The van der Waals surface area contributed by atoms with E-state index in [4.69, 9.17) is 22.1 Å². The maximum absolute atomic E-state index is 12.4. The van der Waals surface area contributed by atoms with Crippen molar-refractivity contribution in [3.63, 3.8) is 0 Å². The second-order valence-electron chi connectivity index (χ2n) is 5.40. The topological polar surface area (TPSA) is 114 Å². The Morgan fingerprint density at radius 2 is 1.89 bits per heavy atom. The van der Waals surface area contributed by atoms with E-state index in [9.17, 15) is 4.79 Å². The molecule has 1 amide bonds. The molecule has 0 bridgehead atoms. The van der Waals surface area contributed by atoms with Crippen LogP contribution in [0, 0.1) is 0 Å². The quantitative estimate of drug-likeness (QED) is 0.482. The monoisotopic (exact) mass is 384 g/mol. The third-order valence-electron chi connectivity index (χ3n) is 3.62. The predicted octanol–water partition coefficient (Wildman–Crippen LogP) is 3.22. The van der Waals surface area contributed by atoms with Gasteiger partial charge in [0.25, 0.3) is 5.91 Å². The molecular formula is C18H17ClN6O2. The van der Waals surface area contributed by atoms with Crippen LogP contribution in [0.2, 0.25) is 5.02 Å². The first-order valence-electron chi connectivity index (χ1n) is 7.91. The molecule has 0 saturated carbocycles. The smallest absolute Gasteiger partial charge is 0.273 e. The highest BCUT2D eigenvalue weighted by atomic mass is 35.5. The molecule has 0 atom stereocenters. The number of nitrogens with two attached hydrogens (primary N) is 1. The number of anilines is 4. The summed E-state index contributed by atoms with van der Waals surface area (Å²) in [6.45, 7) is 0. The molecule has 0 fully saturated rings. The Bertz CT molecular complexity index is 966. The minimum absolute atomic E-state index is 0.234. The van der Waals surface area contributed by atoms with E-state index in [2.05, 4.69) is 26.1 Å². The summed E-state index contributed by atoms with van der Waals surface area (Å²) in [4.78, 5) is 20.5. The molecule has 0 spiro atoms. The van der Waals surface area contributed by atoms with Gasteiger partial charge >= 0.3 is 0 Å². The summed E-state index contributed by atoms with van der Waals surface area (Å²) in [5, 5.41) is 3.64. The molecule has 0 saturated heterocycles. The zero-order valence-electron chi connectivity index (χ0n) is 14.4. The zero-order chi connectivity index (χ0) is 19.2. The summed E-state index contributed by atoms with van der Waals surface area (Å²) < 4.78 is 5.18. The minimum atomic E-state index is -0.394. The van der Waals surface area contributed by atoms with E-state index in [1.54, 1.807) is 42.5 Å². The number of nitrogens with one attached hydrogen (secondary N) is 3. The van der Waals surface area contributed by atoms with Gasteiger partial charge in [-0.15, -0.1) is 0 Å². The molecule has 1 heterocycles. The molecule has 5 N–H and O–H groups in total. The molecule has 0 unspecified atom stereocenters. The summed E-state index contributed by atoms with van der Waals surface area (Å²) in [5.41, 5.74) is 12.7. The highest BCUT2D eigenvalue weighted by molar-refractivity contribution is 6.30. The minimum Gasteiger partial charge on any atom is -0.496 e. The fourth-order valence-electron chi connectivity index (χ4n) is 2.31. The van der Waals surface area contributed by atoms with Crippen molar-refractivity contribution in [2.45, 2.75) is 0 Å². The van der Waals surface area contributed by atoms with E-state index in [0.29, 0.717) is 22.2 Å². The molecule has 1 aromatic heterocycles. The van der Waals surface area contributed by atoms with Crippen molar-refractivity contribution in [2.24, 2.45) is 0 Å². The Morgan fingerprint density at radius 3 is 2.67 bits per heavy atom. The van der Waals surface area contributed by atoms with Crippen LogP contribution in [-0.2, 0) is 0 Å². The van der Waals surface area contributed by atoms with Crippen molar-refractivity contribution in [2.75, 3.05) is 23.6 Å². The lowest BCUT2D eigenvalue weighted by atomic mass is 10.2. The first kappa shape index (κ1) is 18.3. The van der Waals surface area contributed by atoms with Crippen LogP contribution >= 0.6 is 11.6 Å². The van der Waals surface area contributed by atoms with Crippen LogP contribution in [0.4, 0.5) is 23.0 Å². The van der Waals surface area contributed by atoms with Crippen LogP contribution in [0.25, 0.3) is 0 Å². The number of hydrogen-bond acceptors (Lipinski definition) is 7. The maximum atomic E-state index is 12.4. The lowest BCUT2D eigenvalue weighted by molar-refractivity contribution is 0.0959. The highest BCUT2D eigenvalue weighted by Crippen LogP contribution is 2.26. The molecule has 2 aromatic carbocycles. The van der Waals surface area contributed by atoms with Gasteiger partial charge in [0.1, 0.15) is 17.8 Å². The predicted molar refractivity (Wildman–Crippen MR) is 105 cm³/mol. The Morgan fingerprint density at radius 1 is 1.11 bits per heavy atom. The number of amides is 1. The molecule has 0 aliphatic rings. The number of nitrogen functional groups attached to an aromatic ring is 1. The van der Waals surface area contributed by atoms with Crippen LogP contribution in [0.5, 0.6) is 5.75 Å². The summed E-state index contributed by atoms with van der Waals surface area (Å²) >= 11 is 5.98. The number of methoxy groups -OCH3 is 1. The fourth-order valence-corrected chi connectivity index (χ4v) is 2.50. The molecule has 3 aromatic rings. The first-order valence-corrected chi connectivity index (χ1v) is 8.28. The molecule has 8 nitrogen and oxygen atoms in total. The number of carbonyl (C=O) groups is 1. The van der Waals surface area contributed by atoms with Crippen molar-refractivity contribution < 1.29 is 9.53 Å². The number of hydrazine groups is 1. The Labute approximate surface area is 160 Å². The number of benzene rings is 2. The average Bonchev–Trinajstić information content (AvgIpc) is 2.68. The van der Waals surface area contributed by atoms with Gasteiger partial charge in [0.2, 0.25) is 0 Å². The molecule has 138 valence electrons. The van der Waals surface area contributed by atoms with Crippen molar-refractivity contribution in [1.29, 1.82) is 0 Å². The van der Waals surface area contributed by atoms with Gasteiger partial charge in [-0.05, 0) is 30.3 Å². The van der Waals surface area contributed by atoms with E-state index < -0.39 is 5.91 Å². The van der Waals surface area contributed by atoms with Gasteiger partial charge in [0, 0.05) is 10.7 Å². The number of ether oxygens (including phenoxy) is 1. The first-order chi connectivity index (χ1) is 13.1. The maximum Gasteiger partial charge on any atom is 0.273 e. The van der Waals surface area contributed by atoms with Gasteiger partial charge in [-0.3, -0.25) is 15.6 Å². The van der Waals surface area contributed by atoms with Crippen LogP contribution in [0.1, 0.15) is 10.4 Å². The molecule has 3 rings (SSSR count).